The van der Waals surface area contributed by atoms with E-state index in [-0.39, 0.29) is 17.9 Å². The molecule has 2 amide bonds. The molecule has 1 saturated carbocycles. The van der Waals surface area contributed by atoms with Crippen molar-refractivity contribution >= 4 is 35.2 Å². The van der Waals surface area contributed by atoms with Gasteiger partial charge in [0.1, 0.15) is 11.8 Å². The first-order chi connectivity index (χ1) is 16.5. The summed E-state index contributed by atoms with van der Waals surface area (Å²) in [7, 11) is 1.65. The van der Waals surface area contributed by atoms with Gasteiger partial charge in [-0.05, 0) is 54.7 Å². The van der Waals surface area contributed by atoms with Crippen molar-refractivity contribution in [2.24, 2.45) is 0 Å². The Kier molecular flexibility index (Phi) is 10.6. The fourth-order valence-electron chi connectivity index (χ4n) is 4.31. The molecule has 34 heavy (non-hydrogen) atoms. The van der Waals surface area contributed by atoms with Gasteiger partial charge in [0.2, 0.25) is 11.8 Å². The molecule has 0 spiro atoms. The fourth-order valence-corrected chi connectivity index (χ4v) is 5.31. The number of methoxy groups -OCH3 is 1. The number of halogens is 1. The third-order valence-corrected chi connectivity index (χ3v) is 7.50. The Morgan fingerprint density at radius 2 is 1.71 bits per heavy atom. The molecule has 5 nitrogen and oxygen atoms in total. The number of nitrogens with one attached hydrogen (secondary N) is 1. The lowest BCUT2D eigenvalue weighted by molar-refractivity contribution is -0.139. The average molecular weight is 503 g/mol. The summed E-state index contributed by atoms with van der Waals surface area (Å²) in [6.07, 6.45) is 6.14. The summed E-state index contributed by atoms with van der Waals surface area (Å²) in [6.45, 7) is 2.35. The van der Waals surface area contributed by atoms with Gasteiger partial charge < -0.3 is 15.0 Å². The van der Waals surface area contributed by atoms with Crippen LogP contribution in [-0.4, -0.2) is 41.7 Å². The maximum absolute atomic E-state index is 13.4. The molecule has 2 aromatic rings. The highest BCUT2D eigenvalue weighted by atomic mass is 35.5. The Morgan fingerprint density at radius 3 is 2.32 bits per heavy atom. The Bertz CT molecular complexity index is 914. The van der Waals surface area contributed by atoms with Gasteiger partial charge in [-0.3, -0.25) is 9.59 Å². The van der Waals surface area contributed by atoms with Crippen LogP contribution in [-0.2, 0) is 21.9 Å². The van der Waals surface area contributed by atoms with Crippen molar-refractivity contribution in [2.75, 3.05) is 12.9 Å². The molecule has 1 fully saturated rings. The lowest BCUT2D eigenvalue weighted by Crippen LogP contribution is -2.52. The molecule has 0 aliphatic heterocycles. The van der Waals surface area contributed by atoms with Crippen LogP contribution in [0.25, 0.3) is 0 Å². The zero-order chi connectivity index (χ0) is 24.3. The Hall–Kier alpha value is -2.18. The summed E-state index contributed by atoms with van der Waals surface area (Å²) in [5.74, 6) is 1.77. The summed E-state index contributed by atoms with van der Waals surface area (Å²) in [6, 6.07) is 15.1. The number of ether oxygens (including phenoxy) is 1. The lowest BCUT2D eigenvalue weighted by atomic mass is 9.95. The van der Waals surface area contributed by atoms with E-state index in [0.29, 0.717) is 23.7 Å². The molecule has 0 unspecified atom stereocenters. The van der Waals surface area contributed by atoms with E-state index in [1.54, 1.807) is 23.8 Å². The lowest BCUT2D eigenvalue weighted by Gasteiger charge is -2.32. The average Bonchev–Trinajstić information content (AvgIpc) is 2.86. The maximum Gasteiger partial charge on any atom is 0.243 e. The molecule has 1 atom stereocenters. The van der Waals surface area contributed by atoms with Crippen molar-refractivity contribution in [1.82, 2.24) is 10.2 Å². The number of carbonyl (C=O) groups excluding carboxylic acids is 2. The van der Waals surface area contributed by atoms with Crippen molar-refractivity contribution in [3.05, 3.63) is 64.7 Å². The molecule has 1 N–H and O–H groups in total. The number of rotatable bonds is 11. The van der Waals surface area contributed by atoms with Gasteiger partial charge >= 0.3 is 0 Å². The Labute approximate surface area is 212 Å². The normalized spacial score (nSPS) is 14.9. The van der Waals surface area contributed by atoms with Crippen molar-refractivity contribution in [1.29, 1.82) is 0 Å². The zero-order valence-electron chi connectivity index (χ0n) is 20.1. The molecule has 1 aliphatic carbocycles. The molecule has 184 valence electrons. The van der Waals surface area contributed by atoms with Gasteiger partial charge in [0.25, 0.3) is 0 Å². The van der Waals surface area contributed by atoms with Crippen LogP contribution in [0.1, 0.15) is 56.6 Å². The van der Waals surface area contributed by atoms with Gasteiger partial charge in [0, 0.05) is 23.4 Å². The van der Waals surface area contributed by atoms with Crippen molar-refractivity contribution in [3.8, 4) is 5.75 Å². The minimum atomic E-state index is -0.494. The second kappa shape index (κ2) is 13.6. The van der Waals surface area contributed by atoms with Crippen LogP contribution in [0.5, 0.6) is 5.75 Å². The van der Waals surface area contributed by atoms with Crippen LogP contribution in [0.15, 0.2) is 48.5 Å². The molecule has 0 bridgehead atoms. The standard InChI is InChI=1S/C27H35ClN2O3S/c1-3-25(27(32)29-23-7-5-4-6-8-23)30(17-20-9-13-22(28)14-10-20)26(31)19-34-18-21-11-15-24(33-2)16-12-21/h9-16,23,25H,3-8,17-19H2,1-2H3,(H,29,32)/t25-/m0/s1. The van der Waals surface area contributed by atoms with Crippen molar-refractivity contribution in [3.63, 3.8) is 0 Å². The van der Waals surface area contributed by atoms with E-state index in [4.69, 9.17) is 16.3 Å². The van der Waals surface area contributed by atoms with Crippen LogP contribution < -0.4 is 10.1 Å². The van der Waals surface area contributed by atoms with Crippen LogP contribution in [0.4, 0.5) is 0 Å². The van der Waals surface area contributed by atoms with E-state index >= 15 is 0 Å². The first kappa shape index (κ1) is 26.4. The predicted molar refractivity (Wildman–Crippen MR) is 140 cm³/mol. The molecule has 0 heterocycles. The quantitative estimate of drug-likeness (QED) is 0.419. The first-order valence-corrected chi connectivity index (χ1v) is 13.6. The van der Waals surface area contributed by atoms with E-state index in [1.807, 2.05) is 55.5 Å². The maximum atomic E-state index is 13.4. The van der Waals surface area contributed by atoms with Gasteiger partial charge in [-0.15, -0.1) is 11.8 Å². The second-order valence-electron chi connectivity index (χ2n) is 8.76. The van der Waals surface area contributed by atoms with Crippen LogP contribution in [0.3, 0.4) is 0 Å². The van der Waals surface area contributed by atoms with E-state index in [9.17, 15) is 9.59 Å². The summed E-state index contributed by atoms with van der Waals surface area (Å²) in [5.41, 5.74) is 2.09. The number of carbonyl (C=O) groups is 2. The van der Waals surface area contributed by atoms with Crippen molar-refractivity contribution < 1.29 is 14.3 Å². The Morgan fingerprint density at radius 1 is 1.06 bits per heavy atom. The molecule has 1 aliphatic rings. The van der Waals surface area contributed by atoms with E-state index in [1.165, 1.54) is 6.42 Å². The van der Waals surface area contributed by atoms with Crippen LogP contribution in [0, 0.1) is 0 Å². The van der Waals surface area contributed by atoms with Gasteiger partial charge in [-0.2, -0.15) is 0 Å². The highest BCUT2D eigenvalue weighted by molar-refractivity contribution is 7.99. The molecule has 3 rings (SSSR count). The molecule has 0 radical (unpaired) electrons. The topological polar surface area (TPSA) is 58.6 Å². The highest BCUT2D eigenvalue weighted by Gasteiger charge is 2.30. The highest BCUT2D eigenvalue weighted by Crippen LogP contribution is 2.21. The zero-order valence-corrected chi connectivity index (χ0v) is 21.7. The predicted octanol–water partition coefficient (Wildman–Crippen LogP) is 5.84. The Balaban J connectivity index is 1.67. The first-order valence-electron chi connectivity index (χ1n) is 12.0. The third-order valence-electron chi connectivity index (χ3n) is 6.26. The minimum absolute atomic E-state index is 0.0286. The summed E-state index contributed by atoms with van der Waals surface area (Å²) >= 11 is 7.61. The SMILES string of the molecule is CC[C@@H](C(=O)NC1CCCCC1)N(Cc1ccc(Cl)cc1)C(=O)CSCc1ccc(OC)cc1. The largest absolute Gasteiger partial charge is 0.497 e. The van der Waals surface area contributed by atoms with Gasteiger partial charge in [-0.25, -0.2) is 0 Å². The molecular formula is C27H35ClN2O3S. The molecular weight excluding hydrogens is 468 g/mol. The van der Waals surface area contributed by atoms with E-state index in [2.05, 4.69) is 5.32 Å². The number of benzene rings is 2. The number of hydrogen-bond donors (Lipinski definition) is 1. The molecule has 0 aromatic heterocycles. The number of nitrogens with zero attached hydrogens (tertiary/aromatic N) is 1. The number of amides is 2. The molecule has 2 aromatic carbocycles. The number of hydrogen-bond acceptors (Lipinski definition) is 4. The fraction of sp³-hybridized carbons (Fsp3) is 0.481. The third kappa shape index (κ3) is 7.95. The van der Waals surface area contributed by atoms with Crippen molar-refractivity contribution in [2.45, 2.75) is 69.8 Å². The van der Waals surface area contributed by atoms with E-state index < -0.39 is 6.04 Å². The minimum Gasteiger partial charge on any atom is -0.497 e. The summed E-state index contributed by atoms with van der Waals surface area (Å²) < 4.78 is 5.21. The second-order valence-corrected chi connectivity index (χ2v) is 10.2. The molecule has 0 saturated heterocycles. The molecule has 7 heteroatoms. The smallest absolute Gasteiger partial charge is 0.243 e. The van der Waals surface area contributed by atoms with Gasteiger partial charge in [-0.1, -0.05) is 62.1 Å². The van der Waals surface area contributed by atoms with Gasteiger partial charge in [0.05, 0.1) is 12.9 Å². The number of thioether (sulfide) groups is 1. The van der Waals surface area contributed by atoms with Crippen LogP contribution in [0.2, 0.25) is 5.02 Å². The monoisotopic (exact) mass is 502 g/mol. The summed E-state index contributed by atoms with van der Waals surface area (Å²) in [5, 5.41) is 3.87. The van der Waals surface area contributed by atoms with E-state index in [0.717, 1.165) is 48.3 Å². The van der Waals surface area contributed by atoms with Gasteiger partial charge in [0.15, 0.2) is 0 Å². The summed E-state index contributed by atoms with van der Waals surface area (Å²) in [4.78, 5) is 28.4. The van der Waals surface area contributed by atoms with Crippen LogP contribution >= 0.6 is 23.4 Å².